The summed E-state index contributed by atoms with van der Waals surface area (Å²) in [5, 5.41) is 31.2. The first-order chi connectivity index (χ1) is 21.0. The number of esters is 1. The van der Waals surface area contributed by atoms with Crippen LogP contribution in [0.25, 0.3) is 11.3 Å². The normalized spacial score (nSPS) is 15.4. The third-order valence-electron chi connectivity index (χ3n) is 6.79. The number of urea groups is 1. The number of hydrogen-bond donors (Lipinski definition) is 4. The van der Waals surface area contributed by atoms with Crippen LogP contribution in [-0.4, -0.2) is 54.8 Å². The zero-order valence-electron chi connectivity index (χ0n) is 24.8. The number of nitro groups is 1. The van der Waals surface area contributed by atoms with Gasteiger partial charge >= 0.3 is 12.0 Å². The lowest BCUT2D eigenvalue weighted by atomic mass is 9.95. The van der Waals surface area contributed by atoms with Gasteiger partial charge in [-0.2, -0.15) is 5.10 Å². The predicted octanol–water partition coefficient (Wildman–Crippen LogP) is 3.99. The lowest BCUT2D eigenvalue weighted by molar-refractivity contribution is -0.384. The fourth-order valence-corrected chi connectivity index (χ4v) is 4.53. The number of amides is 2. The van der Waals surface area contributed by atoms with Crippen molar-refractivity contribution in [1.29, 1.82) is 0 Å². The van der Waals surface area contributed by atoms with Crippen molar-refractivity contribution < 1.29 is 38.2 Å². The van der Waals surface area contributed by atoms with E-state index in [4.69, 9.17) is 18.6 Å². The van der Waals surface area contributed by atoms with Gasteiger partial charge in [0.25, 0.3) is 5.69 Å². The Kier molecular flexibility index (Phi) is 9.85. The number of carbonyl (C=O) groups is 2. The molecule has 2 amide bonds. The average Bonchev–Trinajstić information content (AvgIpc) is 3.45. The van der Waals surface area contributed by atoms with Crippen LogP contribution in [0.15, 0.2) is 63.3 Å². The molecule has 0 radical (unpaired) electrons. The zero-order valence-corrected chi connectivity index (χ0v) is 24.8. The summed E-state index contributed by atoms with van der Waals surface area (Å²) in [5.41, 5.74) is 5.68. The number of aliphatic hydroxyl groups excluding tert-OH is 1. The summed E-state index contributed by atoms with van der Waals surface area (Å²) in [6.07, 6.45) is 0.0951. The van der Waals surface area contributed by atoms with Crippen molar-refractivity contribution in [2.45, 2.75) is 40.0 Å². The summed E-state index contributed by atoms with van der Waals surface area (Å²) >= 11 is 0. The molecule has 2 aromatic carbocycles. The molecule has 2 atom stereocenters. The first kappa shape index (κ1) is 31.6. The number of carbonyl (C=O) groups excluding carboxylic acids is 2. The van der Waals surface area contributed by atoms with Crippen LogP contribution in [0.2, 0.25) is 0 Å². The van der Waals surface area contributed by atoms with Crippen molar-refractivity contribution in [3.05, 3.63) is 86.3 Å². The Labute approximate surface area is 252 Å². The van der Waals surface area contributed by atoms with Crippen molar-refractivity contribution in [1.82, 2.24) is 16.1 Å². The van der Waals surface area contributed by atoms with Gasteiger partial charge in [0.2, 0.25) is 0 Å². The Hall–Kier alpha value is -5.37. The molecule has 1 aliphatic heterocycles. The monoisotopic (exact) mass is 607 g/mol. The van der Waals surface area contributed by atoms with E-state index in [9.17, 15) is 24.8 Å². The molecule has 14 heteroatoms. The Morgan fingerprint density at radius 2 is 1.91 bits per heavy atom. The molecule has 3 aromatic rings. The molecule has 1 aliphatic rings. The average molecular weight is 608 g/mol. The van der Waals surface area contributed by atoms with E-state index in [1.54, 1.807) is 57.2 Å². The fourth-order valence-electron chi connectivity index (χ4n) is 4.53. The van der Waals surface area contributed by atoms with Crippen molar-refractivity contribution in [3.63, 3.8) is 0 Å². The summed E-state index contributed by atoms with van der Waals surface area (Å²) in [7, 11) is 1.26. The number of allylic oxidation sites excluding steroid dienone is 1. The minimum Gasteiger partial charge on any atom is -0.490 e. The number of benzene rings is 2. The van der Waals surface area contributed by atoms with Gasteiger partial charge in [0, 0.05) is 11.8 Å². The third kappa shape index (κ3) is 7.15. The second kappa shape index (κ2) is 13.7. The molecule has 232 valence electrons. The maximum atomic E-state index is 12.4. The topological polar surface area (TPSA) is 187 Å². The lowest BCUT2D eigenvalue weighted by Crippen LogP contribution is -2.45. The van der Waals surface area contributed by atoms with Crippen LogP contribution in [-0.2, 0) is 9.53 Å². The van der Waals surface area contributed by atoms with Crippen LogP contribution in [0.3, 0.4) is 0 Å². The SMILES string of the molecule is CCOc1cc([C@H]2NC(=O)NC(C)=C2C(=O)OC)ccc1OC[C@@H](O)N/N=C\c1ccc(-c2cc(C)c(C)cc2[N+](=O)[O-])o1. The number of ether oxygens (including phenoxy) is 3. The summed E-state index contributed by atoms with van der Waals surface area (Å²) < 4.78 is 22.1. The molecule has 0 spiro atoms. The third-order valence-corrected chi connectivity index (χ3v) is 6.79. The smallest absolute Gasteiger partial charge is 0.337 e. The zero-order chi connectivity index (χ0) is 32.0. The van der Waals surface area contributed by atoms with Crippen LogP contribution < -0.4 is 25.5 Å². The van der Waals surface area contributed by atoms with Gasteiger partial charge in [0.05, 0.1) is 42.0 Å². The van der Waals surface area contributed by atoms with Crippen LogP contribution in [0.4, 0.5) is 10.5 Å². The van der Waals surface area contributed by atoms with E-state index in [-0.39, 0.29) is 17.9 Å². The maximum absolute atomic E-state index is 12.4. The first-order valence-corrected chi connectivity index (χ1v) is 13.6. The number of aliphatic hydroxyl groups is 1. The number of methoxy groups -OCH3 is 1. The van der Waals surface area contributed by atoms with Crippen molar-refractivity contribution in [2.75, 3.05) is 20.3 Å². The van der Waals surface area contributed by atoms with Crippen LogP contribution in [0.1, 0.15) is 42.3 Å². The molecular formula is C30H33N5O9. The van der Waals surface area contributed by atoms with Crippen LogP contribution in [0.5, 0.6) is 11.5 Å². The second-order valence-electron chi connectivity index (χ2n) is 9.83. The molecule has 0 fully saturated rings. The van der Waals surface area contributed by atoms with E-state index in [1.807, 2.05) is 6.92 Å². The minimum absolute atomic E-state index is 0.0629. The highest BCUT2D eigenvalue weighted by Crippen LogP contribution is 2.35. The number of rotatable bonds is 12. The lowest BCUT2D eigenvalue weighted by Gasteiger charge is -2.28. The van der Waals surface area contributed by atoms with E-state index in [0.29, 0.717) is 46.5 Å². The molecule has 0 unspecified atom stereocenters. The molecule has 4 N–H and O–H groups in total. The van der Waals surface area contributed by atoms with Gasteiger partial charge in [-0.25, -0.2) is 9.59 Å². The maximum Gasteiger partial charge on any atom is 0.337 e. The van der Waals surface area contributed by atoms with Gasteiger partial charge in [-0.15, -0.1) is 0 Å². The van der Waals surface area contributed by atoms with Gasteiger partial charge in [0.1, 0.15) is 18.1 Å². The van der Waals surface area contributed by atoms with E-state index >= 15 is 0 Å². The summed E-state index contributed by atoms with van der Waals surface area (Å²) in [6.45, 7) is 7.15. The number of nitro benzene ring substituents is 1. The fraction of sp³-hybridized carbons (Fsp3) is 0.300. The molecule has 14 nitrogen and oxygen atoms in total. The molecule has 0 saturated carbocycles. The number of hydrogen-bond acceptors (Lipinski definition) is 11. The van der Waals surface area contributed by atoms with Crippen LogP contribution >= 0.6 is 0 Å². The highest BCUT2D eigenvalue weighted by molar-refractivity contribution is 5.95. The van der Waals surface area contributed by atoms with Gasteiger partial charge in [-0.3, -0.25) is 15.5 Å². The molecule has 44 heavy (non-hydrogen) atoms. The van der Waals surface area contributed by atoms with Crippen molar-refractivity contribution in [2.24, 2.45) is 5.10 Å². The first-order valence-electron chi connectivity index (χ1n) is 13.6. The van der Waals surface area contributed by atoms with Crippen LogP contribution in [0, 0.1) is 24.0 Å². The Morgan fingerprint density at radius 1 is 1.16 bits per heavy atom. The number of hydrazone groups is 1. The highest BCUT2D eigenvalue weighted by Gasteiger charge is 2.32. The quantitative estimate of drug-likeness (QED) is 0.0771. The van der Waals surface area contributed by atoms with Crippen molar-refractivity contribution >= 4 is 23.9 Å². The Balaban J connectivity index is 1.41. The summed E-state index contributed by atoms with van der Waals surface area (Å²) in [4.78, 5) is 35.6. The Bertz CT molecular complexity index is 1630. The van der Waals surface area contributed by atoms with Gasteiger partial charge < -0.3 is 34.4 Å². The number of furan rings is 1. The minimum atomic E-state index is -1.23. The van der Waals surface area contributed by atoms with E-state index in [0.717, 1.165) is 11.1 Å². The Morgan fingerprint density at radius 3 is 2.61 bits per heavy atom. The second-order valence-corrected chi connectivity index (χ2v) is 9.83. The molecule has 1 aromatic heterocycles. The predicted molar refractivity (Wildman–Crippen MR) is 159 cm³/mol. The highest BCUT2D eigenvalue weighted by atomic mass is 16.6. The summed E-state index contributed by atoms with van der Waals surface area (Å²) in [5.74, 6) is 0.671. The molecule has 4 rings (SSSR count). The van der Waals surface area contributed by atoms with E-state index in [1.165, 1.54) is 19.4 Å². The number of nitrogens with zero attached hydrogens (tertiary/aromatic N) is 2. The van der Waals surface area contributed by atoms with Gasteiger partial charge in [-0.05, 0) is 74.7 Å². The number of nitrogens with one attached hydrogen (secondary N) is 3. The standard InChI is InChI=1S/C30H33N5O9/c1-6-42-25-13-19(28-27(29(37)41-5)18(4)32-30(38)33-28)7-9-24(25)43-15-26(36)34-31-14-20-8-10-23(44-20)21-11-16(2)17(3)12-22(21)35(39)40/h7-14,26,28,34,36H,6,15H2,1-5H3,(H2,32,33,38)/b31-14-/t26-,28-/m1/s1. The van der Waals surface area contributed by atoms with Gasteiger partial charge in [0.15, 0.2) is 17.7 Å². The summed E-state index contributed by atoms with van der Waals surface area (Å²) in [6, 6.07) is 10.1. The van der Waals surface area contributed by atoms with Gasteiger partial charge in [-0.1, -0.05) is 6.07 Å². The molecule has 0 aliphatic carbocycles. The molecule has 2 heterocycles. The van der Waals surface area contributed by atoms with E-state index < -0.39 is 29.2 Å². The largest absolute Gasteiger partial charge is 0.490 e. The molecule has 0 saturated heterocycles. The molecule has 0 bridgehead atoms. The van der Waals surface area contributed by atoms with Crippen molar-refractivity contribution in [3.8, 4) is 22.8 Å². The van der Waals surface area contributed by atoms with E-state index in [2.05, 4.69) is 21.2 Å². The number of aryl methyl sites for hydroxylation is 2. The molecular weight excluding hydrogens is 574 g/mol.